The zero-order valence-electron chi connectivity index (χ0n) is 18.4. The number of hydrazone groups is 1. The predicted octanol–water partition coefficient (Wildman–Crippen LogP) is 5.97. The van der Waals surface area contributed by atoms with Crippen molar-refractivity contribution in [3.63, 3.8) is 0 Å². The molecule has 0 radical (unpaired) electrons. The van der Waals surface area contributed by atoms with Gasteiger partial charge < -0.3 is 14.8 Å². The van der Waals surface area contributed by atoms with E-state index in [-0.39, 0.29) is 17.8 Å². The summed E-state index contributed by atoms with van der Waals surface area (Å²) in [7, 11) is 0. The van der Waals surface area contributed by atoms with Gasteiger partial charge in [0.25, 0.3) is 0 Å². The van der Waals surface area contributed by atoms with Gasteiger partial charge in [0.1, 0.15) is 0 Å². The molecule has 1 atom stereocenters. The van der Waals surface area contributed by atoms with Gasteiger partial charge in [-0.3, -0.25) is 0 Å². The average Bonchev–Trinajstić information content (AvgIpc) is 3.40. The van der Waals surface area contributed by atoms with Crippen LogP contribution in [0.1, 0.15) is 36.5 Å². The van der Waals surface area contributed by atoms with E-state index in [1.165, 1.54) is 5.01 Å². The molecule has 0 aliphatic carbocycles. The van der Waals surface area contributed by atoms with E-state index in [4.69, 9.17) is 26.2 Å². The van der Waals surface area contributed by atoms with Crippen molar-refractivity contribution in [1.82, 2.24) is 5.01 Å². The summed E-state index contributed by atoms with van der Waals surface area (Å²) in [5.41, 5.74) is 4.31. The highest BCUT2D eigenvalue weighted by molar-refractivity contribution is 6.17. The van der Waals surface area contributed by atoms with Crippen LogP contribution in [0.4, 0.5) is 10.5 Å². The van der Waals surface area contributed by atoms with E-state index >= 15 is 0 Å². The summed E-state index contributed by atoms with van der Waals surface area (Å²) in [5.74, 6) is 0.614. The molecular weight excluding hydrogens is 438 g/mol. The first-order valence-corrected chi connectivity index (χ1v) is 11.4. The van der Waals surface area contributed by atoms with Gasteiger partial charge in [-0.05, 0) is 17.2 Å². The maximum Gasteiger partial charge on any atom is 0.342 e. The molecule has 0 bridgehead atoms. The van der Waals surface area contributed by atoms with Crippen LogP contribution < -0.4 is 14.8 Å². The number of nitrogens with one attached hydrogen (secondary N) is 1. The maximum atomic E-state index is 13.2. The number of carbonyl (C=O) groups excluding carboxylic acids is 1. The number of ether oxygens (including phenoxy) is 2. The smallest absolute Gasteiger partial charge is 0.342 e. The molecule has 2 heterocycles. The Balaban J connectivity index is 1.42. The summed E-state index contributed by atoms with van der Waals surface area (Å²) in [5, 5.41) is 9.13. The topological polar surface area (TPSA) is 63.2 Å². The summed E-state index contributed by atoms with van der Waals surface area (Å²) >= 11 is 6.13. The molecule has 33 heavy (non-hydrogen) atoms. The molecule has 0 fully saturated rings. The molecule has 1 N–H and O–H groups in total. The molecule has 2 aliphatic rings. The van der Waals surface area contributed by atoms with Crippen LogP contribution in [0.15, 0.2) is 77.9 Å². The van der Waals surface area contributed by atoms with E-state index in [2.05, 4.69) is 17.4 Å². The molecule has 2 aliphatic heterocycles. The lowest BCUT2D eigenvalue weighted by atomic mass is 9.91. The maximum absolute atomic E-state index is 13.2. The van der Waals surface area contributed by atoms with Gasteiger partial charge >= 0.3 is 6.03 Å². The fourth-order valence-corrected chi connectivity index (χ4v) is 4.39. The minimum absolute atomic E-state index is 0.0182. The Kier molecular flexibility index (Phi) is 5.46. The second-order valence-corrected chi connectivity index (χ2v) is 8.79. The van der Waals surface area contributed by atoms with Crippen LogP contribution in [-0.2, 0) is 5.88 Å². The number of nitrogens with zero attached hydrogens (tertiary/aromatic N) is 2. The number of carbonyl (C=O) groups is 1. The second kappa shape index (κ2) is 8.45. The van der Waals surface area contributed by atoms with Gasteiger partial charge in [0.05, 0.1) is 18.1 Å². The number of halogens is 1. The Hall–Kier alpha value is -3.51. The van der Waals surface area contributed by atoms with E-state index in [9.17, 15) is 4.79 Å². The second-order valence-electron chi connectivity index (χ2n) is 8.53. The predicted molar refractivity (Wildman–Crippen MR) is 129 cm³/mol. The Labute approximate surface area is 197 Å². The minimum Gasteiger partial charge on any atom is -0.449 e. The standard InChI is InChI=1S/C26H24ClN3O3/c1-26(2)32-22-14-20(13-19(15-27)24(22)33-26)28-25(31)30-16-21(17-9-5-3-6-10-17)23(29-30)18-11-7-4-8-12-18/h3-14,21H,15-16H2,1-2H3,(H,28,31). The molecule has 2 amide bonds. The van der Waals surface area contributed by atoms with Crippen LogP contribution in [0.5, 0.6) is 11.5 Å². The summed E-state index contributed by atoms with van der Waals surface area (Å²) in [6.07, 6.45) is 0. The van der Waals surface area contributed by atoms with E-state index in [0.717, 1.165) is 22.4 Å². The fraction of sp³-hybridized carbons (Fsp3) is 0.231. The van der Waals surface area contributed by atoms with E-state index < -0.39 is 5.79 Å². The molecule has 5 rings (SSSR count). The van der Waals surface area contributed by atoms with E-state index in [1.54, 1.807) is 12.1 Å². The highest BCUT2D eigenvalue weighted by atomic mass is 35.5. The third kappa shape index (κ3) is 4.26. The Morgan fingerprint density at radius 2 is 1.79 bits per heavy atom. The lowest BCUT2D eigenvalue weighted by Gasteiger charge is -2.16. The normalized spacial score (nSPS) is 18.2. The van der Waals surface area contributed by atoms with Gasteiger partial charge in [-0.2, -0.15) is 5.10 Å². The lowest BCUT2D eigenvalue weighted by molar-refractivity contribution is -0.0434. The van der Waals surface area contributed by atoms with Crippen molar-refractivity contribution in [3.8, 4) is 11.5 Å². The summed E-state index contributed by atoms with van der Waals surface area (Å²) in [6, 6.07) is 23.3. The largest absolute Gasteiger partial charge is 0.449 e. The number of anilines is 1. The van der Waals surface area contributed by atoms with Crippen molar-refractivity contribution in [2.24, 2.45) is 5.10 Å². The molecule has 0 saturated heterocycles. The van der Waals surface area contributed by atoms with E-state index in [0.29, 0.717) is 23.7 Å². The molecule has 3 aromatic rings. The van der Waals surface area contributed by atoms with Crippen LogP contribution >= 0.6 is 11.6 Å². The Morgan fingerprint density at radius 3 is 2.48 bits per heavy atom. The first-order valence-electron chi connectivity index (χ1n) is 10.8. The number of hydrogen-bond donors (Lipinski definition) is 1. The number of fused-ring (bicyclic) bond motifs is 1. The molecule has 6 nitrogen and oxygen atoms in total. The van der Waals surface area contributed by atoms with Gasteiger partial charge in [-0.25, -0.2) is 9.80 Å². The van der Waals surface area contributed by atoms with Crippen LogP contribution in [0.2, 0.25) is 0 Å². The zero-order chi connectivity index (χ0) is 23.0. The highest BCUT2D eigenvalue weighted by Crippen LogP contribution is 2.44. The third-order valence-electron chi connectivity index (χ3n) is 5.65. The first kappa shape index (κ1) is 21.3. The fourth-order valence-electron chi connectivity index (χ4n) is 4.19. The van der Waals surface area contributed by atoms with Gasteiger partial charge in [0, 0.05) is 37.1 Å². The molecule has 7 heteroatoms. The van der Waals surface area contributed by atoms with Crippen molar-refractivity contribution in [2.45, 2.75) is 31.4 Å². The summed E-state index contributed by atoms with van der Waals surface area (Å²) < 4.78 is 11.7. The molecule has 0 saturated carbocycles. The molecule has 1 unspecified atom stereocenters. The zero-order valence-corrected chi connectivity index (χ0v) is 19.2. The molecular formula is C26H24ClN3O3. The number of hydrogen-bond acceptors (Lipinski definition) is 4. The number of urea groups is 1. The number of benzene rings is 3. The van der Waals surface area contributed by atoms with Crippen molar-refractivity contribution in [1.29, 1.82) is 0 Å². The van der Waals surface area contributed by atoms with Crippen molar-refractivity contribution in [3.05, 3.63) is 89.5 Å². The molecule has 0 spiro atoms. The van der Waals surface area contributed by atoms with Crippen molar-refractivity contribution >= 4 is 29.0 Å². The van der Waals surface area contributed by atoms with Crippen LogP contribution in [0, 0.1) is 0 Å². The monoisotopic (exact) mass is 461 g/mol. The minimum atomic E-state index is -0.779. The number of alkyl halides is 1. The Morgan fingerprint density at radius 1 is 1.09 bits per heavy atom. The SMILES string of the molecule is CC1(C)Oc2cc(NC(=O)N3CC(c4ccccc4)C(c4ccccc4)=N3)cc(CCl)c2O1. The van der Waals surface area contributed by atoms with Crippen LogP contribution in [-0.4, -0.2) is 29.1 Å². The van der Waals surface area contributed by atoms with Gasteiger partial charge in [0.2, 0.25) is 5.79 Å². The third-order valence-corrected chi connectivity index (χ3v) is 5.94. The quantitative estimate of drug-likeness (QED) is 0.487. The summed E-state index contributed by atoms with van der Waals surface area (Å²) in [6.45, 7) is 4.11. The van der Waals surface area contributed by atoms with Crippen LogP contribution in [0.25, 0.3) is 0 Å². The molecule has 168 valence electrons. The van der Waals surface area contributed by atoms with Crippen LogP contribution in [0.3, 0.4) is 0 Å². The van der Waals surface area contributed by atoms with Gasteiger partial charge in [0.15, 0.2) is 11.5 Å². The highest BCUT2D eigenvalue weighted by Gasteiger charge is 2.35. The van der Waals surface area contributed by atoms with Crippen molar-refractivity contribution in [2.75, 3.05) is 11.9 Å². The van der Waals surface area contributed by atoms with E-state index in [1.807, 2.05) is 62.4 Å². The lowest BCUT2D eigenvalue weighted by Crippen LogP contribution is -2.30. The number of rotatable bonds is 4. The van der Waals surface area contributed by atoms with Gasteiger partial charge in [-0.1, -0.05) is 60.7 Å². The van der Waals surface area contributed by atoms with Crippen molar-refractivity contribution < 1.29 is 14.3 Å². The Bertz CT molecular complexity index is 1210. The number of amides is 2. The average molecular weight is 462 g/mol. The first-order chi connectivity index (χ1) is 15.9. The molecule has 3 aromatic carbocycles. The summed E-state index contributed by atoms with van der Waals surface area (Å²) in [4.78, 5) is 13.2. The molecule has 0 aromatic heterocycles. The van der Waals surface area contributed by atoms with Gasteiger partial charge in [-0.15, -0.1) is 11.6 Å².